The molecule has 30 heavy (non-hydrogen) atoms. The maximum Gasteiger partial charge on any atom is 0.332 e. The number of aromatic nitrogens is 6. The monoisotopic (exact) mass is 426 g/mol. The van der Waals surface area contributed by atoms with Crippen molar-refractivity contribution < 1.29 is 4.42 Å². The molecule has 0 N–H and O–H groups in total. The van der Waals surface area contributed by atoms with Crippen LogP contribution in [0.2, 0.25) is 0 Å². The first-order valence-electron chi connectivity index (χ1n) is 9.51. The van der Waals surface area contributed by atoms with E-state index in [-0.39, 0.29) is 11.2 Å². The second-order valence-electron chi connectivity index (χ2n) is 7.28. The van der Waals surface area contributed by atoms with Gasteiger partial charge >= 0.3 is 5.69 Å². The van der Waals surface area contributed by atoms with Crippen LogP contribution in [-0.4, -0.2) is 34.6 Å². The summed E-state index contributed by atoms with van der Waals surface area (Å²) in [5.41, 5.74) is 3.28. The lowest BCUT2D eigenvalue weighted by atomic mass is 10.1. The number of aryl methyl sites for hydroxylation is 4. The van der Waals surface area contributed by atoms with Gasteiger partial charge in [0.2, 0.25) is 5.89 Å². The van der Waals surface area contributed by atoms with Gasteiger partial charge < -0.3 is 8.98 Å². The molecule has 0 unspecified atom stereocenters. The van der Waals surface area contributed by atoms with Gasteiger partial charge in [0.25, 0.3) is 10.8 Å². The minimum absolute atomic E-state index is 0.303. The molecule has 0 amide bonds. The second-order valence-corrected chi connectivity index (χ2v) is 8.32. The maximum atomic E-state index is 12.7. The summed E-state index contributed by atoms with van der Waals surface area (Å²) in [5.74, 6) is 1.11. The number of benzene rings is 1. The number of thioether (sulfide) groups is 1. The van der Waals surface area contributed by atoms with Crippen molar-refractivity contribution in [1.29, 1.82) is 0 Å². The van der Waals surface area contributed by atoms with Crippen LogP contribution in [0.15, 0.2) is 43.8 Å². The first-order valence-corrected chi connectivity index (χ1v) is 10.5. The van der Waals surface area contributed by atoms with Crippen molar-refractivity contribution >= 4 is 22.9 Å². The predicted molar refractivity (Wildman–Crippen MR) is 115 cm³/mol. The standard InChI is InChI=1S/C20H22N6O3S/c1-12-8-13(2)10-14(9-12)17-22-23-19(29-17)30-7-5-6-26-18(27)15-16(21-11-24(15)3)25(4)20(26)28/h8-11H,5-7H2,1-4H3. The average Bonchev–Trinajstić information content (AvgIpc) is 3.32. The molecular weight excluding hydrogens is 404 g/mol. The zero-order valence-electron chi connectivity index (χ0n) is 17.2. The number of nitrogens with zero attached hydrogens (tertiary/aromatic N) is 6. The minimum Gasteiger partial charge on any atom is -0.411 e. The third-order valence-corrected chi connectivity index (χ3v) is 5.73. The molecule has 0 fully saturated rings. The molecule has 0 bridgehead atoms. The fraction of sp³-hybridized carbons (Fsp3) is 0.350. The fourth-order valence-electron chi connectivity index (χ4n) is 3.46. The number of hydrogen-bond acceptors (Lipinski definition) is 7. The van der Waals surface area contributed by atoms with Crippen molar-refractivity contribution in [2.75, 3.05) is 5.75 Å². The fourth-order valence-corrected chi connectivity index (χ4v) is 4.14. The highest BCUT2D eigenvalue weighted by Gasteiger charge is 2.15. The normalized spacial score (nSPS) is 11.5. The first kappa shape index (κ1) is 20.1. The quantitative estimate of drug-likeness (QED) is 0.344. The van der Waals surface area contributed by atoms with Crippen LogP contribution in [0.5, 0.6) is 0 Å². The van der Waals surface area contributed by atoms with E-state index in [1.54, 1.807) is 18.7 Å². The molecule has 4 rings (SSSR count). The molecule has 156 valence electrons. The van der Waals surface area contributed by atoms with Crippen LogP contribution in [-0.2, 0) is 20.6 Å². The van der Waals surface area contributed by atoms with E-state index in [2.05, 4.69) is 21.2 Å². The number of hydrogen-bond donors (Lipinski definition) is 0. The maximum absolute atomic E-state index is 12.7. The van der Waals surface area contributed by atoms with Crippen molar-refractivity contribution in [1.82, 2.24) is 28.9 Å². The van der Waals surface area contributed by atoms with Gasteiger partial charge in [-0.05, 0) is 32.4 Å². The molecule has 3 aromatic heterocycles. The molecular formula is C20H22N6O3S. The Kier molecular flexibility index (Phi) is 5.33. The average molecular weight is 427 g/mol. The van der Waals surface area contributed by atoms with Crippen LogP contribution in [0.25, 0.3) is 22.6 Å². The molecule has 0 aliphatic heterocycles. The Morgan fingerprint density at radius 2 is 1.80 bits per heavy atom. The summed E-state index contributed by atoms with van der Waals surface area (Å²) in [7, 11) is 3.36. The topological polar surface area (TPSA) is 101 Å². The summed E-state index contributed by atoms with van der Waals surface area (Å²) in [6, 6.07) is 6.10. The summed E-state index contributed by atoms with van der Waals surface area (Å²) in [6.45, 7) is 4.35. The Morgan fingerprint density at radius 1 is 1.07 bits per heavy atom. The van der Waals surface area contributed by atoms with Crippen LogP contribution >= 0.6 is 11.8 Å². The van der Waals surface area contributed by atoms with Gasteiger partial charge in [0.05, 0.1) is 6.33 Å². The summed E-state index contributed by atoms with van der Waals surface area (Å²) < 4.78 is 10.0. The molecule has 9 nitrogen and oxygen atoms in total. The molecule has 0 radical (unpaired) electrons. The van der Waals surface area contributed by atoms with E-state index in [1.807, 2.05) is 26.0 Å². The minimum atomic E-state index is -0.369. The van der Waals surface area contributed by atoms with Crippen molar-refractivity contribution in [3.8, 4) is 11.5 Å². The Hall–Kier alpha value is -3.14. The third-order valence-electron chi connectivity index (χ3n) is 4.83. The molecule has 0 aliphatic rings. The van der Waals surface area contributed by atoms with E-state index in [0.29, 0.717) is 41.0 Å². The van der Waals surface area contributed by atoms with Crippen LogP contribution in [0.4, 0.5) is 0 Å². The first-order chi connectivity index (χ1) is 14.3. The highest BCUT2D eigenvalue weighted by atomic mass is 32.2. The van der Waals surface area contributed by atoms with Crippen molar-refractivity contribution in [3.05, 3.63) is 56.5 Å². The van der Waals surface area contributed by atoms with E-state index < -0.39 is 0 Å². The van der Waals surface area contributed by atoms with E-state index >= 15 is 0 Å². The Balaban J connectivity index is 1.44. The highest BCUT2D eigenvalue weighted by Crippen LogP contribution is 2.25. The van der Waals surface area contributed by atoms with Gasteiger partial charge in [-0.25, -0.2) is 9.78 Å². The van der Waals surface area contributed by atoms with Crippen LogP contribution in [0, 0.1) is 13.8 Å². The largest absolute Gasteiger partial charge is 0.411 e. The van der Waals surface area contributed by atoms with E-state index in [9.17, 15) is 9.59 Å². The molecule has 0 saturated carbocycles. The van der Waals surface area contributed by atoms with Crippen LogP contribution < -0.4 is 11.2 Å². The zero-order valence-corrected chi connectivity index (χ0v) is 18.1. The second kappa shape index (κ2) is 7.94. The molecule has 0 aliphatic carbocycles. The summed E-state index contributed by atoms with van der Waals surface area (Å²) >= 11 is 1.41. The predicted octanol–water partition coefficient (Wildman–Crippen LogP) is 2.28. The van der Waals surface area contributed by atoms with Crippen LogP contribution in [0.3, 0.4) is 0 Å². The zero-order chi connectivity index (χ0) is 21.4. The molecule has 4 aromatic rings. The van der Waals surface area contributed by atoms with Gasteiger partial charge in [0, 0.05) is 32.0 Å². The lowest BCUT2D eigenvalue weighted by Crippen LogP contribution is -2.39. The van der Waals surface area contributed by atoms with Crippen LogP contribution in [0.1, 0.15) is 17.5 Å². The van der Waals surface area contributed by atoms with Gasteiger partial charge in [0.15, 0.2) is 11.2 Å². The SMILES string of the molecule is Cc1cc(C)cc(-c2nnc(SCCCn3c(=O)c4c(ncn4C)n(C)c3=O)o2)c1. The van der Waals surface area contributed by atoms with Crippen molar-refractivity contribution in [2.45, 2.75) is 32.0 Å². The van der Waals surface area contributed by atoms with Crippen molar-refractivity contribution in [3.63, 3.8) is 0 Å². The number of imidazole rings is 1. The van der Waals surface area contributed by atoms with Gasteiger partial charge in [-0.2, -0.15) is 0 Å². The summed E-state index contributed by atoms with van der Waals surface area (Å²) in [5, 5.41) is 8.68. The van der Waals surface area contributed by atoms with E-state index in [0.717, 1.165) is 16.7 Å². The number of fused-ring (bicyclic) bond motifs is 1. The molecule has 1 aromatic carbocycles. The Morgan fingerprint density at radius 3 is 2.53 bits per heavy atom. The highest BCUT2D eigenvalue weighted by molar-refractivity contribution is 7.99. The van der Waals surface area contributed by atoms with Gasteiger partial charge in [-0.1, -0.05) is 29.0 Å². The molecule has 0 atom stereocenters. The molecule has 10 heteroatoms. The molecule has 0 spiro atoms. The van der Waals surface area contributed by atoms with Gasteiger partial charge in [-0.3, -0.25) is 13.9 Å². The lowest BCUT2D eigenvalue weighted by Gasteiger charge is -2.08. The Bertz CT molecular complexity index is 1330. The molecule has 3 heterocycles. The summed E-state index contributed by atoms with van der Waals surface area (Å²) in [6.07, 6.45) is 2.14. The van der Waals surface area contributed by atoms with E-state index in [1.165, 1.54) is 27.2 Å². The van der Waals surface area contributed by atoms with E-state index in [4.69, 9.17) is 4.42 Å². The summed E-state index contributed by atoms with van der Waals surface area (Å²) in [4.78, 5) is 29.4. The Labute approximate surface area is 176 Å². The van der Waals surface area contributed by atoms with Crippen molar-refractivity contribution in [2.24, 2.45) is 14.1 Å². The van der Waals surface area contributed by atoms with Gasteiger partial charge in [0.1, 0.15) is 0 Å². The number of rotatable bonds is 6. The lowest BCUT2D eigenvalue weighted by molar-refractivity contribution is 0.465. The molecule has 0 saturated heterocycles. The smallest absolute Gasteiger partial charge is 0.332 e. The van der Waals surface area contributed by atoms with Gasteiger partial charge in [-0.15, -0.1) is 10.2 Å². The third kappa shape index (κ3) is 3.70.